The van der Waals surface area contributed by atoms with Crippen LogP contribution in [0.5, 0.6) is 5.75 Å². The molecule has 2 atom stereocenters. The lowest BCUT2D eigenvalue weighted by Gasteiger charge is -2.29. The van der Waals surface area contributed by atoms with Gasteiger partial charge in [0, 0.05) is 23.4 Å². The van der Waals surface area contributed by atoms with Gasteiger partial charge in [0.25, 0.3) is 0 Å². The number of pyridine rings is 1. The highest BCUT2D eigenvalue weighted by Gasteiger charge is 2.30. The first-order valence-corrected chi connectivity index (χ1v) is 7.65. The average molecular weight is 283 g/mol. The van der Waals surface area contributed by atoms with Crippen molar-refractivity contribution >= 4 is 0 Å². The molecule has 0 spiro atoms. The smallest absolute Gasteiger partial charge is 0.125 e. The number of aliphatic hydroxyl groups is 1. The van der Waals surface area contributed by atoms with E-state index in [-0.39, 0.29) is 5.92 Å². The number of hydrogen-bond acceptors (Lipinski definition) is 3. The third-order valence-corrected chi connectivity index (χ3v) is 4.16. The molecule has 2 aromatic rings. The van der Waals surface area contributed by atoms with Crippen LogP contribution in [-0.2, 0) is 6.42 Å². The van der Waals surface area contributed by atoms with Gasteiger partial charge in [-0.3, -0.25) is 4.98 Å². The molecule has 3 nitrogen and oxygen atoms in total. The standard InChI is InChI=1S/C18H21NO2/c1-2-21-16-11-4-3-9-14(16)18(20)15-10-5-7-13-8-6-12-19-17(13)15/h3-4,6,8-9,11-12,15,18,20H,2,5,7,10H2,1H3. The maximum absolute atomic E-state index is 10.9. The number of para-hydroxylation sites is 1. The maximum Gasteiger partial charge on any atom is 0.125 e. The number of aryl methyl sites for hydroxylation is 1. The molecule has 0 bridgehead atoms. The van der Waals surface area contributed by atoms with Crippen LogP contribution in [0.3, 0.4) is 0 Å². The first-order chi connectivity index (χ1) is 10.3. The van der Waals surface area contributed by atoms with Crippen molar-refractivity contribution in [1.82, 2.24) is 4.98 Å². The van der Waals surface area contributed by atoms with Gasteiger partial charge in [-0.15, -0.1) is 0 Å². The number of fused-ring (bicyclic) bond motifs is 1. The van der Waals surface area contributed by atoms with Crippen LogP contribution in [0, 0.1) is 0 Å². The summed E-state index contributed by atoms with van der Waals surface area (Å²) in [7, 11) is 0. The van der Waals surface area contributed by atoms with Crippen LogP contribution >= 0.6 is 0 Å². The van der Waals surface area contributed by atoms with Gasteiger partial charge in [0.2, 0.25) is 0 Å². The van der Waals surface area contributed by atoms with Crippen molar-refractivity contribution < 1.29 is 9.84 Å². The van der Waals surface area contributed by atoms with Crippen molar-refractivity contribution in [2.24, 2.45) is 0 Å². The number of aromatic nitrogens is 1. The summed E-state index contributed by atoms with van der Waals surface area (Å²) in [4.78, 5) is 4.52. The highest BCUT2D eigenvalue weighted by molar-refractivity contribution is 5.38. The van der Waals surface area contributed by atoms with Crippen LogP contribution in [0.15, 0.2) is 42.6 Å². The molecule has 0 radical (unpaired) electrons. The summed E-state index contributed by atoms with van der Waals surface area (Å²) in [6.07, 6.45) is 4.36. The zero-order chi connectivity index (χ0) is 14.7. The van der Waals surface area contributed by atoms with Gasteiger partial charge in [0.15, 0.2) is 0 Å². The van der Waals surface area contributed by atoms with Gasteiger partial charge in [-0.2, -0.15) is 0 Å². The molecule has 1 aliphatic carbocycles. The Morgan fingerprint density at radius 3 is 3.00 bits per heavy atom. The van der Waals surface area contributed by atoms with E-state index in [1.165, 1.54) is 5.56 Å². The average Bonchev–Trinajstić information content (AvgIpc) is 2.54. The molecule has 0 amide bonds. The van der Waals surface area contributed by atoms with E-state index in [1.54, 1.807) is 0 Å². The molecule has 3 heteroatoms. The molecule has 0 saturated heterocycles. The zero-order valence-electron chi connectivity index (χ0n) is 12.3. The monoisotopic (exact) mass is 283 g/mol. The third kappa shape index (κ3) is 2.79. The van der Waals surface area contributed by atoms with Crippen molar-refractivity contribution in [2.75, 3.05) is 6.61 Å². The second-order valence-corrected chi connectivity index (χ2v) is 5.46. The molecular weight excluding hydrogens is 262 g/mol. The van der Waals surface area contributed by atoms with Gasteiger partial charge in [-0.1, -0.05) is 24.3 Å². The minimum atomic E-state index is -0.568. The number of nitrogens with zero attached hydrogens (tertiary/aromatic N) is 1. The summed E-state index contributed by atoms with van der Waals surface area (Å²) in [6, 6.07) is 11.9. The van der Waals surface area contributed by atoms with Gasteiger partial charge in [-0.25, -0.2) is 0 Å². The van der Waals surface area contributed by atoms with Gasteiger partial charge in [0.1, 0.15) is 5.75 Å². The first-order valence-electron chi connectivity index (χ1n) is 7.65. The van der Waals surface area contributed by atoms with Crippen molar-refractivity contribution in [1.29, 1.82) is 0 Å². The number of benzene rings is 1. The van der Waals surface area contributed by atoms with E-state index in [1.807, 2.05) is 43.5 Å². The summed E-state index contributed by atoms with van der Waals surface area (Å²) >= 11 is 0. The van der Waals surface area contributed by atoms with Crippen molar-refractivity contribution in [3.05, 3.63) is 59.4 Å². The van der Waals surface area contributed by atoms with E-state index >= 15 is 0 Å². The fourth-order valence-electron chi connectivity index (χ4n) is 3.18. The molecule has 0 saturated carbocycles. The summed E-state index contributed by atoms with van der Waals surface area (Å²) in [5.41, 5.74) is 3.17. The Morgan fingerprint density at radius 1 is 1.29 bits per heavy atom. The van der Waals surface area contributed by atoms with Crippen LogP contribution in [0.25, 0.3) is 0 Å². The number of aliphatic hydroxyl groups excluding tert-OH is 1. The predicted octanol–water partition coefficient (Wildman–Crippen LogP) is 3.63. The number of hydrogen-bond donors (Lipinski definition) is 1. The molecular formula is C18H21NO2. The second kappa shape index (κ2) is 6.27. The molecule has 1 aromatic carbocycles. The Labute approximate surface area is 125 Å². The molecule has 1 heterocycles. The normalized spacial score (nSPS) is 18.9. The van der Waals surface area contributed by atoms with Gasteiger partial charge in [-0.05, 0) is 43.9 Å². The minimum Gasteiger partial charge on any atom is -0.493 e. The van der Waals surface area contributed by atoms with Gasteiger partial charge in [0.05, 0.1) is 12.7 Å². The topological polar surface area (TPSA) is 42.4 Å². The maximum atomic E-state index is 10.9. The highest BCUT2D eigenvalue weighted by Crippen LogP contribution is 2.41. The molecule has 21 heavy (non-hydrogen) atoms. The van der Waals surface area contributed by atoms with Gasteiger partial charge >= 0.3 is 0 Å². The quantitative estimate of drug-likeness (QED) is 0.931. The van der Waals surface area contributed by atoms with Crippen LogP contribution in [0.1, 0.15) is 48.6 Å². The van der Waals surface area contributed by atoms with Gasteiger partial charge < -0.3 is 9.84 Å². The molecule has 2 unspecified atom stereocenters. The highest BCUT2D eigenvalue weighted by atomic mass is 16.5. The van der Waals surface area contributed by atoms with E-state index in [2.05, 4.69) is 11.1 Å². The molecule has 0 fully saturated rings. The summed E-state index contributed by atoms with van der Waals surface area (Å²) in [6.45, 7) is 2.56. The molecule has 0 aliphatic heterocycles. The molecule has 1 N–H and O–H groups in total. The minimum absolute atomic E-state index is 0.0524. The van der Waals surface area contributed by atoms with E-state index < -0.39 is 6.10 Å². The third-order valence-electron chi connectivity index (χ3n) is 4.16. The lowest BCUT2D eigenvalue weighted by Crippen LogP contribution is -2.19. The van der Waals surface area contributed by atoms with Crippen molar-refractivity contribution in [2.45, 2.75) is 38.2 Å². The van der Waals surface area contributed by atoms with E-state index in [0.29, 0.717) is 6.61 Å². The predicted molar refractivity (Wildman–Crippen MR) is 82.5 cm³/mol. The fourth-order valence-corrected chi connectivity index (χ4v) is 3.18. The molecule has 1 aromatic heterocycles. The Hall–Kier alpha value is -1.87. The Bertz CT molecular complexity index is 612. The first kappa shape index (κ1) is 14.1. The summed E-state index contributed by atoms with van der Waals surface area (Å²) in [5.74, 6) is 0.826. The van der Waals surface area contributed by atoms with E-state index in [0.717, 1.165) is 36.3 Å². The SMILES string of the molecule is CCOc1ccccc1C(O)C1CCCc2cccnc21. The van der Waals surface area contributed by atoms with E-state index in [4.69, 9.17) is 4.74 Å². The second-order valence-electron chi connectivity index (χ2n) is 5.46. The Kier molecular flexibility index (Phi) is 4.20. The Balaban J connectivity index is 1.95. The van der Waals surface area contributed by atoms with Crippen LogP contribution < -0.4 is 4.74 Å². The van der Waals surface area contributed by atoms with Crippen molar-refractivity contribution in [3.8, 4) is 5.75 Å². The fraction of sp³-hybridized carbons (Fsp3) is 0.389. The largest absolute Gasteiger partial charge is 0.493 e. The molecule has 3 rings (SSSR count). The number of ether oxygens (including phenoxy) is 1. The summed E-state index contributed by atoms with van der Waals surface area (Å²) < 4.78 is 5.66. The molecule has 1 aliphatic rings. The molecule has 110 valence electrons. The zero-order valence-corrected chi connectivity index (χ0v) is 12.3. The van der Waals surface area contributed by atoms with Crippen LogP contribution in [0.2, 0.25) is 0 Å². The van der Waals surface area contributed by atoms with Crippen molar-refractivity contribution in [3.63, 3.8) is 0 Å². The lowest BCUT2D eigenvalue weighted by molar-refractivity contribution is 0.129. The van der Waals surface area contributed by atoms with E-state index in [9.17, 15) is 5.11 Å². The van der Waals surface area contributed by atoms with Crippen LogP contribution in [0.4, 0.5) is 0 Å². The summed E-state index contributed by atoms with van der Waals surface area (Å²) in [5, 5.41) is 10.9. The lowest BCUT2D eigenvalue weighted by atomic mass is 9.81. The Morgan fingerprint density at radius 2 is 2.14 bits per heavy atom. The van der Waals surface area contributed by atoms with Crippen LogP contribution in [-0.4, -0.2) is 16.7 Å². The number of rotatable bonds is 4.